The van der Waals surface area contributed by atoms with Crippen molar-refractivity contribution < 1.29 is 8.98 Å². The number of nitrogens with one attached hydrogen (secondary N) is 1. The lowest BCUT2D eigenvalue weighted by Crippen LogP contribution is -2.70. The maximum Gasteiger partial charge on any atom is 0.261 e. The van der Waals surface area contributed by atoms with Gasteiger partial charge in [0, 0.05) is 11.4 Å². The van der Waals surface area contributed by atoms with E-state index < -0.39 is 25.2 Å². The van der Waals surface area contributed by atoms with Crippen LogP contribution in [0.4, 0.5) is 0 Å². The Labute approximate surface area is 206 Å². The molecule has 0 aromatic heterocycles. The van der Waals surface area contributed by atoms with Crippen LogP contribution in [0.3, 0.4) is 0 Å². The molecule has 182 valence electrons. The first-order chi connectivity index (χ1) is 15.3. The Hall–Kier alpha value is -1.37. The van der Waals surface area contributed by atoms with E-state index in [4.69, 9.17) is 4.43 Å². The minimum atomic E-state index is -2.74. The second-order valence-corrected chi connectivity index (χ2v) is 17.3. The molecule has 1 unspecified atom stereocenters. The van der Waals surface area contributed by atoms with Gasteiger partial charge in [0.15, 0.2) is 0 Å². The van der Waals surface area contributed by atoms with Crippen LogP contribution in [0.5, 0.6) is 0 Å². The van der Waals surface area contributed by atoms with Gasteiger partial charge < -0.3 is 8.98 Å². The minimum absolute atomic E-state index is 0.124. The van der Waals surface area contributed by atoms with Crippen LogP contribution in [0.1, 0.15) is 68.2 Å². The van der Waals surface area contributed by atoms with Gasteiger partial charge in [-0.15, -0.1) is 11.3 Å². The van der Waals surface area contributed by atoms with Gasteiger partial charge in [0.2, 0.25) is 0 Å². The Morgan fingerprint density at radius 2 is 1.39 bits per heavy atom. The summed E-state index contributed by atoms with van der Waals surface area (Å²) in [6, 6.07) is 21.4. The molecule has 5 heteroatoms. The van der Waals surface area contributed by atoms with E-state index in [1.54, 1.807) is 0 Å². The molecule has 0 spiro atoms. The van der Waals surface area contributed by atoms with Crippen LogP contribution in [-0.4, -0.2) is 29.3 Å². The smallest absolute Gasteiger partial charge is 0.261 e. The highest BCUT2D eigenvalue weighted by Crippen LogP contribution is 2.40. The van der Waals surface area contributed by atoms with E-state index >= 15 is 0 Å². The van der Waals surface area contributed by atoms with E-state index in [1.165, 1.54) is 10.4 Å². The summed E-state index contributed by atoms with van der Waals surface area (Å²) in [6.07, 6.45) is 3.20. The first-order valence-electron chi connectivity index (χ1n) is 11.9. The van der Waals surface area contributed by atoms with Gasteiger partial charge in [0.1, 0.15) is 4.75 Å². The van der Waals surface area contributed by atoms with Crippen molar-refractivity contribution >= 4 is 30.1 Å². The van der Waals surface area contributed by atoms with Gasteiger partial charge in [0.05, 0.1) is 11.6 Å². The number of benzene rings is 2. The summed E-state index contributed by atoms with van der Waals surface area (Å²) in [5.74, 6) is 0. The molecule has 1 N–H and O–H groups in total. The highest BCUT2D eigenvalue weighted by Gasteiger charge is 2.54. The topological polar surface area (TPSA) is 44.3 Å². The van der Waals surface area contributed by atoms with Gasteiger partial charge in [-0.2, -0.15) is 0 Å². The predicted octanol–water partition coefficient (Wildman–Crippen LogP) is 5.73. The van der Waals surface area contributed by atoms with Crippen LogP contribution >= 0.6 is 0 Å². The van der Waals surface area contributed by atoms with Crippen LogP contribution in [0, 0.1) is 0 Å². The summed E-state index contributed by atoms with van der Waals surface area (Å²) >= 11 is -1.23. The molecule has 3 atom stereocenters. The molecule has 0 saturated heterocycles. The van der Waals surface area contributed by atoms with Crippen molar-refractivity contribution in [3.63, 3.8) is 0 Å². The van der Waals surface area contributed by atoms with Crippen molar-refractivity contribution in [1.82, 2.24) is 4.72 Å². The van der Waals surface area contributed by atoms with Crippen LogP contribution in [-0.2, 0) is 15.8 Å². The normalized spacial score (nSPS) is 16.6. The van der Waals surface area contributed by atoms with Crippen molar-refractivity contribution in [2.45, 2.75) is 89.7 Å². The molecule has 0 bridgehead atoms. The molecule has 2 aromatic rings. The molecule has 0 aliphatic rings. The third-order valence-corrected chi connectivity index (χ3v) is 13.1. The van der Waals surface area contributed by atoms with Crippen LogP contribution in [0.25, 0.3) is 0 Å². The summed E-state index contributed by atoms with van der Waals surface area (Å²) in [6.45, 7) is 21.1. The maximum absolute atomic E-state index is 13.2. The molecule has 2 rings (SSSR count). The Kier molecular flexibility index (Phi) is 9.22. The molecule has 2 aromatic carbocycles. The second-order valence-electron chi connectivity index (χ2n) is 11.1. The average molecular weight is 486 g/mol. The highest BCUT2D eigenvalue weighted by molar-refractivity contribution is 7.90. The molecular formula is C28H43NO2SSi. The van der Waals surface area contributed by atoms with Crippen LogP contribution in [0.2, 0.25) is 5.04 Å². The SMILES string of the molecule is C=CC[C@](C)(N[S+]([O-])C(C)(C)C)[C@@H](CC)O[Si](c1ccccc1)(c1ccccc1)C(C)(C)C. The second kappa shape index (κ2) is 10.9. The lowest BCUT2D eigenvalue weighted by molar-refractivity contribution is 0.0947. The molecule has 0 amide bonds. The molecule has 0 fully saturated rings. The summed E-state index contributed by atoms with van der Waals surface area (Å²) in [5.41, 5.74) is -0.526. The fourth-order valence-corrected chi connectivity index (χ4v) is 10.3. The van der Waals surface area contributed by atoms with Gasteiger partial charge in [-0.3, -0.25) is 0 Å². The fourth-order valence-electron chi connectivity index (χ4n) is 4.47. The number of rotatable bonds is 10. The van der Waals surface area contributed by atoms with Gasteiger partial charge in [0.25, 0.3) is 8.32 Å². The monoisotopic (exact) mass is 485 g/mol. The van der Waals surface area contributed by atoms with Crippen molar-refractivity contribution in [2.24, 2.45) is 0 Å². The van der Waals surface area contributed by atoms with Gasteiger partial charge in [-0.1, -0.05) is 94.4 Å². The molecule has 0 radical (unpaired) electrons. The minimum Gasteiger partial charge on any atom is -0.598 e. The summed E-state index contributed by atoms with van der Waals surface area (Å²) < 4.78 is 23.7. The Morgan fingerprint density at radius 1 is 0.939 bits per heavy atom. The Balaban J connectivity index is 2.69. The van der Waals surface area contributed by atoms with E-state index in [-0.39, 0.29) is 15.9 Å². The van der Waals surface area contributed by atoms with Gasteiger partial charge in [-0.25, -0.2) is 0 Å². The fraction of sp³-hybridized carbons (Fsp3) is 0.500. The zero-order valence-electron chi connectivity index (χ0n) is 21.8. The first kappa shape index (κ1) is 27.9. The third-order valence-electron chi connectivity index (χ3n) is 6.27. The lowest BCUT2D eigenvalue weighted by Gasteiger charge is -2.49. The molecule has 0 heterocycles. The van der Waals surface area contributed by atoms with Crippen LogP contribution in [0.15, 0.2) is 73.3 Å². The largest absolute Gasteiger partial charge is 0.598 e. The van der Waals surface area contributed by atoms with Gasteiger partial charge >= 0.3 is 0 Å². The molecule has 0 saturated carbocycles. The predicted molar refractivity (Wildman–Crippen MR) is 147 cm³/mol. The third kappa shape index (κ3) is 6.20. The van der Waals surface area contributed by atoms with Crippen LogP contribution < -0.4 is 15.1 Å². The zero-order chi connectivity index (χ0) is 24.9. The maximum atomic E-state index is 13.2. The van der Waals surface area contributed by atoms with Gasteiger partial charge in [-0.05, 0) is 55.9 Å². The molecule has 33 heavy (non-hydrogen) atoms. The molecule has 0 aliphatic carbocycles. The van der Waals surface area contributed by atoms with Crippen molar-refractivity contribution in [3.8, 4) is 0 Å². The van der Waals surface area contributed by atoms with Crippen molar-refractivity contribution in [3.05, 3.63) is 73.3 Å². The van der Waals surface area contributed by atoms with Crippen molar-refractivity contribution in [2.75, 3.05) is 0 Å². The molecule has 0 aliphatic heterocycles. The Bertz CT molecular complexity index is 837. The highest BCUT2D eigenvalue weighted by atomic mass is 32.2. The van der Waals surface area contributed by atoms with E-state index in [2.05, 4.69) is 107 Å². The lowest BCUT2D eigenvalue weighted by atomic mass is 9.90. The van der Waals surface area contributed by atoms with Crippen molar-refractivity contribution in [1.29, 1.82) is 0 Å². The summed E-state index contributed by atoms with van der Waals surface area (Å²) in [7, 11) is -2.74. The first-order valence-corrected chi connectivity index (χ1v) is 15.0. The van der Waals surface area contributed by atoms with E-state index in [0.717, 1.165) is 6.42 Å². The van der Waals surface area contributed by atoms with E-state index in [1.807, 2.05) is 26.8 Å². The number of hydrogen-bond acceptors (Lipinski definition) is 3. The zero-order valence-corrected chi connectivity index (χ0v) is 23.6. The summed E-state index contributed by atoms with van der Waals surface area (Å²) in [4.78, 5) is 0. The molecule has 3 nitrogen and oxygen atoms in total. The van der Waals surface area contributed by atoms with E-state index in [9.17, 15) is 4.55 Å². The molecular weight excluding hydrogens is 442 g/mol. The van der Waals surface area contributed by atoms with E-state index in [0.29, 0.717) is 6.42 Å². The quantitative estimate of drug-likeness (QED) is 0.266. The average Bonchev–Trinajstić information content (AvgIpc) is 2.74. The Morgan fingerprint density at radius 3 is 1.73 bits per heavy atom. The summed E-state index contributed by atoms with van der Waals surface area (Å²) in [5, 5.41) is 2.38. The standard InChI is InChI=1S/C28H43NO2SSi/c1-10-22-28(9,29-32(30)26(3,4)5)25(11-2)31-33(27(6,7)8,23-18-14-12-15-19-23)24-20-16-13-17-21-24/h10,12-21,25,29H,1,11,22H2,2-9H3/t25-,28+,32?/m1/s1. The number of hydrogen-bond donors (Lipinski definition) is 1.